The highest BCUT2D eigenvalue weighted by molar-refractivity contribution is 7.91. The molecule has 2 saturated carbocycles. The van der Waals surface area contributed by atoms with Crippen LogP contribution >= 0.6 is 0 Å². The first kappa shape index (κ1) is 22.1. The molecule has 2 atom stereocenters. The van der Waals surface area contributed by atoms with Crippen molar-refractivity contribution in [3.8, 4) is 0 Å². The number of amides is 2. The molecule has 2 rings (SSSR count). The van der Waals surface area contributed by atoms with Gasteiger partial charge in [-0.1, -0.05) is 12.8 Å². The molecular formula is C19H35N3O4S. The summed E-state index contributed by atoms with van der Waals surface area (Å²) in [6.45, 7) is 0.557. The lowest BCUT2D eigenvalue weighted by Gasteiger charge is -2.29. The second kappa shape index (κ2) is 10.4. The van der Waals surface area contributed by atoms with E-state index in [4.69, 9.17) is 5.73 Å². The van der Waals surface area contributed by atoms with Gasteiger partial charge in [-0.25, -0.2) is 8.42 Å². The van der Waals surface area contributed by atoms with Crippen LogP contribution in [0.5, 0.6) is 0 Å². The van der Waals surface area contributed by atoms with E-state index in [1.54, 1.807) is 0 Å². The summed E-state index contributed by atoms with van der Waals surface area (Å²) in [4.78, 5) is 24.2. The van der Waals surface area contributed by atoms with Gasteiger partial charge < -0.3 is 16.4 Å². The van der Waals surface area contributed by atoms with E-state index in [0.29, 0.717) is 38.6 Å². The van der Waals surface area contributed by atoms with Crippen LogP contribution < -0.4 is 16.4 Å². The summed E-state index contributed by atoms with van der Waals surface area (Å²) in [7, 11) is -3.00. The molecule has 2 aliphatic rings. The molecule has 156 valence electrons. The van der Waals surface area contributed by atoms with Gasteiger partial charge in [0.2, 0.25) is 11.8 Å². The lowest BCUT2D eigenvalue weighted by Crippen LogP contribution is -2.49. The number of carbonyl (C=O) groups excluding carboxylic acids is 2. The van der Waals surface area contributed by atoms with Gasteiger partial charge in [0.15, 0.2) is 0 Å². The van der Waals surface area contributed by atoms with Crippen molar-refractivity contribution in [3.63, 3.8) is 0 Å². The molecule has 0 aromatic heterocycles. The van der Waals surface area contributed by atoms with Crippen molar-refractivity contribution in [2.24, 2.45) is 11.7 Å². The normalized spacial score (nSPS) is 29.1. The molecular weight excluding hydrogens is 366 g/mol. The minimum Gasteiger partial charge on any atom is -0.356 e. The predicted octanol–water partition coefficient (Wildman–Crippen LogP) is 1.26. The quantitative estimate of drug-likeness (QED) is 0.529. The summed E-state index contributed by atoms with van der Waals surface area (Å²) >= 11 is 0. The highest BCUT2D eigenvalue weighted by Crippen LogP contribution is 2.28. The fraction of sp³-hybridized carbons (Fsp3) is 0.895. The maximum atomic E-state index is 12.2. The first-order chi connectivity index (χ1) is 12.8. The molecule has 0 spiro atoms. The summed E-state index contributed by atoms with van der Waals surface area (Å²) in [5.74, 6) is -0.0264. The molecule has 0 radical (unpaired) electrons. The molecule has 0 bridgehead atoms. The van der Waals surface area contributed by atoms with E-state index in [2.05, 4.69) is 10.6 Å². The average Bonchev–Trinajstić information content (AvgIpc) is 2.62. The predicted molar refractivity (Wildman–Crippen MR) is 106 cm³/mol. The molecule has 2 fully saturated rings. The molecule has 7 nitrogen and oxygen atoms in total. The van der Waals surface area contributed by atoms with Gasteiger partial charge in [0, 0.05) is 37.2 Å². The summed E-state index contributed by atoms with van der Waals surface area (Å²) in [6.07, 6.45) is 9.83. The fourth-order valence-electron chi connectivity index (χ4n) is 4.14. The maximum Gasteiger partial charge on any atom is 0.223 e. The third-order valence-electron chi connectivity index (χ3n) is 5.95. The Hall–Kier alpha value is -1.15. The van der Waals surface area contributed by atoms with Gasteiger partial charge in [-0.15, -0.1) is 0 Å². The molecule has 4 N–H and O–H groups in total. The lowest BCUT2D eigenvalue weighted by atomic mass is 9.88. The topological polar surface area (TPSA) is 118 Å². The number of carbonyl (C=O) groups is 2. The van der Waals surface area contributed by atoms with Crippen LogP contribution in [0.3, 0.4) is 0 Å². The van der Waals surface area contributed by atoms with Crippen molar-refractivity contribution < 1.29 is 18.0 Å². The SMILES string of the molecule is CS(=O)(=O)C1CCC(C(=O)NCCCCC(=O)NC2CCCCC2N)CC1. The van der Waals surface area contributed by atoms with E-state index in [1.807, 2.05) is 0 Å². The number of nitrogens with two attached hydrogens (primary N) is 1. The second-order valence-corrected chi connectivity index (χ2v) is 10.5. The average molecular weight is 402 g/mol. The van der Waals surface area contributed by atoms with Gasteiger partial charge in [0.25, 0.3) is 0 Å². The standard InChI is InChI=1S/C19H35N3O4S/c1-27(25,26)15-11-9-14(10-12-15)19(24)21-13-5-4-8-18(23)22-17-7-3-2-6-16(17)20/h14-17H,2-13,20H2,1H3,(H,21,24)(H,22,23). The van der Waals surface area contributed by atoms with E-state index in [0.717, 1.165) is 38.5 Å². The summed E-state index contributed by atoms with van der Waals surface area (Å²) in [5.41, 5.74) is 6.04. The lowest BCUT2D eigenvalue weighted by molar-refractivity contribution is -0.125. The first-order valence-electron chi connectivity index (χ1n) is 10.3. The van der Waals surface area contributed by atoms with Crippen LogP contribution in [0, 0.1) is 5.92 Å². The molecule has 27 heavy (non-hydrogen) atoms. The Bertz CT molecular complexity index is 600. The summed E-state index contributed by atoms with van der Waals surface area (Å²) in [5, 5.41) is 5.67. The molecule has 2 aliphatic carbocycles. The van der Waals surface area contributed by atoms with Gasteiger partial charge in [0.1, 0.15) is 9.84 Å². The summed E-state index contributed by atoms with van der Waals surface area (Å²) in [6, 6.07) is 0.174. The Kier molecular flexibility index (Phi) is 8.54. The largest absolute Gasteiger partial charge is 0.356 e. The molecule has 2 unspecified atom stereocenters. The molecule has 2 amide bonds. The van der Waals surface area contributed by atoms with Gasteiger partial charge >= 0.3 is 0 Å². The molecule has 0 aromatic carbocycles. The zero-order valence-corrected chi connectivity index (χ0v) is 17.2. The van der Waals surface area contributed by atoms with Gasteiger partial charge in [-0.05, 0) is 51.4 Å². The molecule has 0 saturated heterocycles. The van der Waals surface area contributed by atoms with Crippen LogP contribution in [0.25, 0.3) is 0 Å². The Labute approximate surface area is 163 Å². The van der Waals surface area contributed by atoms with Crippen LogP contribution in [0.1, 0.15) is 70.6 Å². The van der Waals surface area contributed by atoms with Gasteiger partial charge in [0.05, 0.1) is 5.25 Å². The van der Waals surface area contributed by atoms with Crippen molar-refractivity contribution in [2.75, 3.05) is 12.8 Å². The Balaban J connectivity index is 1.55. The highest BCUT2D eigenvalue weighted by Gasteiger charge is 2.30. The number of nitrogens with one attached hydrogen (secondary N) is 2. The number of hydrogen-bond acceptors (Lipinski definition) is 5. The zero-order valence-electron chi connectivity index (χ0n) is 16.4. The third kappa shape index (κ3) is 7.41. The number of unbranched alkanes of at least 4 members (excludes halogenated alkanes) is 1. The number of sulfone groups is 1. The molecule has 0 aliphatic heterocycles. The Morgan fingerprint density at radius 2 is 1.67 bits per heavy atom. The van der Waals surface area contributed by atoms with Crippen LogP contribution in [0.2, 0.25) is 0 Å². The van der Waals surface area contributed by atoms with Crippen molar-refractivity contribution in [3.05, 3.63) is 0 Å². The van der Waals surface area contributed by atoms with Crippen molar-refractivity contribution in [2.45, 2.75) is 88.0 Å². The van der Waals surface area contributed by atoms with E-state index in [1.165, 1.54) is 6.26 Å². The van der Waals surface area contributed by atoms with Crippen LogP contribution in [0.15, 0.2) is 0 Å². The summed E-state index contributed by atoms with van der Waals surface area (Å²) < 4.78 is 23.1. The van der Waals surface area contributed by atoms with Crippen LogP contribution in [-0.4, -0.2) is 50.4 Å². The smallest absolute Gasteiger partial charge is 0.223 e. The Morgan fingerprint density at radius 3 is 2.30 bits per heavy atom. The maximum absolute atomic E-state index is 12.2. The number of hydrogen-bond donors (Lipinski definition) is 3. The third-order valence-corrected chi connectivity index (χ3v) is 7.63. The number of rotatable bonds is 8. The fourth-order valence-corrected chi connectivity index (χ4v) is 5.27. The van der Waals surface area contributed by atoms with Gasteiger partial charge in [-0.2, -0.15) is 0 Å². The first-order valence-corrected chi connectivity index (χ1v) is 12.2. The Morgan fingerprint density at radius 1 is 1.00 bits per heavy atom. The van der Waals surface area contributed by atoms with E-state index < -0.39 is 9.84 Å². The zero-order chi connectivity index (χ0) is 19.9. The van der Waals surface area contributed by atoms with Crippen molar-refractivity contribution in [1.82, 2.24) is 10.6 Å². The van der Waals surface area contributed by atoms with Crippen LogP contribution in [-0.2, 0) is 19.4 Å². The molecule has 0 heterocycles. The highest BCUT2D eigenvalue weighted by atomic mass is 32.2. The molecule has 0 aromatic rings. The minimum atomic E-state index is -3.00. The van der Waals surface area contributed by atoms with E-state index in [9.17, 15) is 18.0 Å². The van der Waals surface area contributed by atoms with Crippen molar-refractivity contribution in [1.29, 1.82) is 0 Å². The van der Waals surface area contributed by atoms with Gasteiger partial charge in [-0.3, -0.25) is 9.59 Å². The monoisotopic (exact) mass is 401 g/mol. The van der Waals surface area contributed by atoms with E-state index in [-0.39, 0.29) is 35.1 Å². The molecule has 8 heteroatoms. The van der Waals surface area contributed by atoms with Crippen LogP contribution in [0.4, 0.5) is 0 Å². The van der Waals surface area contributed by atoms with E-state index >= 15 is 0 Å². The minimum absolute atomic E-state index is 0.0135. The second-order valence-electron chi connectivity index (χ2n) is 8.17. The van der Waals surface area contributed by atoms with Crippen molar-refractivity contribution >= 4 is 21.7 Å².